The van der Waals surface area contributed by atoms with E-state index in [1.807, 2.05) is 6.92 Å². The molecular formula is C16H20N4O2. The van der Waals surface area contributed by atoms with E-state index in [9.17, 15) is 9.59 Å². The number of carbonyl (C=O) groups is 1. The number of aromatic nitrogens is 1. The van der Waals surface area contributed by atoms with Crippen molar-refractivity contribution in [2.45, 2.75) is 13.3 Å². The van der Waals surface area contributed by atoms with Crippen molar-refractivity contribution in [1.29, 1.82) is 0 Å². The van der Waals surface area contributed by atoms with Crippen LogP contribution >= 0.6 is 0 Å². The molecule has 0 aliphatic rings. The molecule has 0 spiro atoms. The Balaban J connectivity index is 2.49. The molecule has 2 aromatic rings. The summed E-state index contributed by atoms with van der Waals surface area (Å²) < 4.78 is 1.47. The molecule has 22 heavy (non-hydrogen) atoms. The number of aryl methyl sites for hydroxylation is 1. The molecule has 1 heterocycles. The number of hydrogen-bond acceptors (Lipinski definition) is 5. The first kappa shape index (κ1) is 15.8. The van der Waals surface area contributed by atoms with Gasteiger partial charge in [0.1, 0.15) is 0 Å². The molecular weight excluding hydrogens is 280 g/mol. The zero-order valence-corrected chi connectivity index (χ0v) is 12.7. The largest absolute Gasteiger partial charge is 0.394 e. The van der Waals surface area contributed by atoms with Crippen LogP contribution in [0.3, 0.4) is 0 Å². The average molecular weight is 300 g/mol. The highest BCUT2D eigenvalue weighted by Crippen LogP contribution is 2.17. The highest BCUT2D eigenvalue weighted by molar-refractivity contribution is 6.15. The Hall–Kier alpha value is -2.60. The van der Waals surface area contributed by atoms with E-state index in [2.05, 4.69) is 0 Å². The molecule has 4 N–H and O–H groups in total. The van der Waals surface area contributed by atoms with Crippen molar-refractivity contribution < 1.29 is 4.79 Å². The Morgan fingerprint density at radius 2 is 2.05 bits per heavy atom. The van der Waals surface area contributed by atoms with Crippen molar-refractivity contribution in [2.24, 2.45) is 18.6 Å². The van der Waals surface area contributed by atoms with Gasteiger partial charge in [-0.05, 0) is 23.9 Å². The number of nitrogens with two attached hydrogens (primary N) is 2. The zero-order chi connectivity index (χ0) is 16.3. The van der Waals surface area contributed by atoms with Gasteiger partial charge in [0.05, 0.1) is 5.70 Å². The Labute approximate surface area is 128 Å². The van der Waals surface area contributed by atoms with E-state index < -0.39 is 0 Å². The van der Waals surface area contributed by atoms with E-state index in [0.29, 0.717) is 22.9 Å². The lowest BCUT2D eigenvalue weighted by atomic mass is 10.0. The average Bonchev–Trinajstić information content (AvgIpc) is 2.50. The fraction of sp³-hybridized carbons (Fsp3) is 0.250. The Bertz CT molecular complexity index is 792. The highest BCUT2D eigenvalue weighted by Gasteiger charge is 2.14. The van der Waals surface area contributed by atoms with Crippen LogP contribution in [0.5, 0.6) is 0 Å². The molecule has 0 fully saturated rings. The molecule has 0 aliphatic heterocycles. The van der Waals surface area contributed by atoms with Crippen LogP contribution in [0.2, 0.25) is 0 Å². The first-order valence-electron chi connectivity index (χ1n) is 7.07. The number of pyridine rings is 1. The lowest BCUT2D eigenvalue weighted by Gasteiger charge is -2.13. The summed E-state index contributed by atoms with van der Waals surface area (Å²) >= 11 is 0. The molecule has 0 saturated carbocycles. The number of nitrogens with zero attached hydrogens (tertiary/aromatic N) is 2. The quantitative estimate of drug-likeness (QED) is 0.373. The number of carbonyl (C=O) groups excluding carboxylic acids is 1. The summed E-state index contributed by atoms with van der Waals surface area (Å²) in [5, 5.41) is 2.46. The van der Waals surface area contributed by atoms with E-state index in [1.54, 1.807) is 37.5 Å². The van der Waals surface area contributed by atoms with Crippen LogP contribution in [0, 0.1) is 0 Å². The Morgan fingerprint density at radius 1 is 1.32 bits per heavy atom. The molecule has 0 unspecified atom stereocenters. The van der Waals surface area contributed by atoms with Gasteiger partial charge < -0.3 is 15.3 Å². The van der Waals surface area contributed by atoms with Gasteiger partial charge in [-0.25, -0.2) is 5.84 Å². The van der Waals surface area contributed by atoms with Gasteiger partial charge in [-0.1, -0.05) is 19.1 Å². The van der Waals surface area contributed by atoms with Crippen molar-refractivity contribution in [2.75, 3.05) is 6.54 Å². The van der Waals surface area contributed by atoms with Gasteiger partial charge >= 0.3 is 0 Å². The monoisotopic (exact) mass is 300 g/mol. The lowest BCUT2D eigenvalue weighted by molar-refractivity contribution is 0.103. The second kappa shape index (κ2) is 6.44. The summed E-state index contributed by atoms with van der Waals surface area (Å²) in [6.45, 7) is 2.58. The molecule has 0 atom stereocenters. The third-order valence-corrected chi connectivity index (χ3v) is 3.42. The Morgan fingerprint density at radius 3 is 2.73 bits per heavy atom. The summed E-state index contributed by atoms with van der Waals surface area (Å²) in [4.78, 5) is 24.6. The standard InChI is InChI=1S/C16H20N4O2/c1-3-8-20(18)10-14(17)15(21)12-5-4-6-13-11(12)7-9-19(2)16(13)22/h4-7,9-10H,3,8,17-18H2,1-2H3/b14-10-. The van der Waals surface area contributed by atoms with E-state index in [1.165, 1.54) is 15.8 Å². The van der Waals surface area contributed by atoms with Gasteiger partial charge in [0.25, 0.3) is 5.56 Å². The summed E-state index contributed by atoms with van der Waals surface area (Å²) in [7, 11) is 1.67. The van der Waals surface area contributed by atoms with Crippen LogP contribution in [0.25, 0.3) is 10.8 Å². The van der Waals surface area contributed by atoms with Gasteiger partial charge in [-0.3, -0.25) is 9.59 Å². The second-order valence-electron chi connectivity index (χ2n) is 5.15. The molecule has 116 valence electrons. The fourth-order valence-corrected chi connectivity index (χ4v) is 2.29. The minimum Gasteiger partial charge on any atom is -0.394 e. The van der Waals surface area contributed by atoms with Crippen LogP contribution in [0.15, 0.2) is 47.2 Å². The fourth-order valence-electron chi connectivity index (χ4n) is 2.29. The van der Waals surface area contributed by atoms with E-state index in [0.717, 1.165) is 6.42 Å². The van der Waals surface area contributed by atoms with Gasteiger partial charge in [0, 0.05) is 36.9 Å². The van der Waals surface area contributed by atoms with E-state index in [4.69, 9.17) is 11.6 Å². The maximum atomic E-state index is 12.5. The first-order chi connectivity index (χ1) is 10.5. The smallest absolute Gasteiger partial charge is 0.258 e. The number of rotatable bonds is 5. The van der Waals surface area contributed by atoms with Crippen LogP contribution in [0.1, 0.15) is 23.7 Å². The van der Waals surface area contributed by atoms with Crippen LogP contribution in [-0.2, 0) is 7.05 Å². The lowest BCUT2D eigenvalue weighted by Crippen LogP contribution is -2.28. The zero-order valence-electron chi connectivity index (χ0n) is 12.7. The topological polar surface area (TPSA) is 94.3 Å². The summed E-state index contributed by atoms with van der Waals surface area (Å²) in [5.74, 6) is 5.39. The summed E-state index contributed by atoms with van der Waals surface area (Å²) in [6.07, 6.45) is 3.90. The molecule has 0 bridgehead atoms. The van der Waals surface area contributed by atoms with E-state index >= 15 is 0 Å². The van der Waals surface area contributed by atoms with Gasteiger partial charge in [-0.15, -0.1) is 0 Å². The molecule has 1 aromatic carbocycles. The maximum absolute atomic E-state index is 12.5. The number of hydrazine groups is 1. The molecule has 6 heteroatoms. The number of Topliss-reactive ketones (excluding diaryl/α,β-unsaturated/α-hetero) is 1. The number of fused-ring (bicyclic) bond motifs is 1. The maximum Gasteiger partial charge on any atom is 0.258 e. The predicted molar refractivity (Wildman–Crippen MR) is 87.0 cm³/mol. The van der Waals surface area contributed by atoms with Crippen molar-refractivity contribution in [3.63, 3.8) is 0 Å². The molecule has 6 nitrogen and oxygen atoms in total. The third-order valence-electron chi connectivity index (χ3n) is 3.42. The summed E-state index contributed by atoms with van der Waals surface area (Å²) in [6, 6.07) is 6.77. The SMILES string of the molecule is CCCN(N)/C=C(\N)C(=O)c1cccc2c(=O)n(C)ccc12. The minimum absolute atomic E-state index is 0.0455. The van der Waals surface area contributed by atoms with Crippen LogP contribution < -0.4 is 17.1 Å². The second-order valence-corrected chi connectivity index (χ2v) is 5.15. The first-order valence-corrected chi connectivity index (χ1v) is 7.07. The molecule has 1 aromatic heterocycles. The predicted octanol–water partition coefficient (Wildman–Crippen LogP) is 1.11. The van der Waals surface area contributed by atoms with Crippen molar-refractivity contribution >= 4 is 16.6 Å². The minimum atomic E-state index is -0.342. The van der Waals surface area contributed by atoms with Crippen molar-refractivity contribution in [3.05, 3.63) is 58.3 Å². The van der Waals surface area contributed by atoms with Gasteiger partial charge in [0.15, 0.2) is 0 Å². The van der Waals surface area contributed by atoms with Crippen LogP contribution in [-0.4, -0.2) is 21.9 Å². The molecule has 0 amide bonds. The van der Waals surface area contributed by atoms with E-state index in [-0.39, 0.29) is 17.0 Å². The summed E-state index contributed by atoms with van der Waals surface area (Å²) in [5.41, 5.74) is 6.14. The molecule has 0 saturated heterocycles. The van der Waals surface area contributed by atoms with Gasteiger partial charge in [0.2, 0.25) is 5.78 Å². The number of ketones is 1. The molecule has 0 radical (unpaired) electrons. The van der Waals surface area contributed by atoms with Gasteiger partial charge in [-0.2, -0.15) is 0 Å². The molecule has 0 aliphatic carbocycles. The van der Waals surface area contributed by atoms with Crippen molar-refractivity contribution in [1.82, 2.24) is 9.58 Å². The van der Waals surface area contributed by atoms with Crippen molar-refractivity contribution in [3.8, 4) is 0 Å². The molecule has 2 rings (SSSR count). The normalized spacial score (nSPS) is 11.7. The number of benzene rings is 1. The third kappa shape index (κ3) is 3.01. The highest BCUT2D eigenvalue weighted by atomic mass is 16.1. The number of hydrogen-bond donors (Lipinski definition) is 2. The number of allylic oxidation sites excluding steroid dienone is 1. The van der Waals surface area contributed by atoms with Crippen LogP contribution in [0.4, 0.5) is 0 Å². The Kier molecular flexibility index (Phi) is 4.62.